The summed E-state index contributed by atoms with van der Waals surface area (Å²) in [5, 5.41) is 10.7. The van der Waals surface area contributed by atoms with Gasteiger partial charge in [-0.3, -0.25) is 4.79 Å². The van der Waals surface area contributed by atoms with Crippen LogP contribution in [0.1, 0.15) is 92.4 Å². The maximum absolute atomic E-state index is 12.3. The van der Waals surface area contributed by atoms with Crippen LogP contribution in [0, 0.1) is 39.9 Å². The summed E-state index contributed by atoms with van der Waals surface area (Å²) in [5.41, 5.74) is 0.435. The highest BCUT2D eigenvalue weighted by molar-refractivity contribution is 5.79. The van der Waals surface area contributed by atoms with Crippen LogP contribution in [0.3, 0.4) is 0 Å². The van der Waals surface area contributed by atoms with Gasteiger partial charge in [-0.05, 0) is 106 Å². The molecule has 0 aromatic carbocycles. The maximum Gasteiger partial charge on any atom is 0.133 e. The maximum atomic E-state index is 12.3. The highest BCUT2D eigenvalue weighted by Crippen LogP contribution is 2.71. The van der Waals surface area contributed by atoms with Gasteiger partial charge in [0.2, 0.25) is 0 Å². The van der Waals surface area contributed by atoms with Gasteiger partial charge in [0.05, 0.1) is 5.60 Å². The van der Waals surface area contributed by atoms with E-state index < -0.39 is 5.60 Å². The minimum atomic E-state index is -0.475. The smallest absolute Gasteiger partial charge is 0.133 e. The van der Waals surface area contributed by atoms with Crippen LogP contribution < -0.4 is 0 Å². The number of carbonyl (C=O) groups is 1. The molecule has 25 heavy (non-hydrogen) atoms. The molecular weight excluding hydrogens is 308 g/mol. The Bertz CT molecular complexity index is 581. The Morgan fingerprint density at radius 2 is 1.60 bits per heavy atom. The molecule has 142 valence electrons. The van der Waals surface area contributed by atoms with Crippen LogP contribution in [0.5, 0.6) is 0 Å². The van der Waals surface area contributed by atoms with E-state index in [2.05, 4.69) is 27.7 Å². The first-order chi connectivity index (χ1) is 11.5. The van der Waals surface area contributed by atoms with Crippen molar-refractivity contribution in [3.05, 3.63) is 0 Å². The molecule has 0 amide bonds. The normalized spacial score (nSPS) is 58.2. The van der Waals surface area contributed by atoms with E-state index in [4.69, 9.17) is 0 Å². The lowest BCUT2D eigenvalue weighted by atomic mass is 9.39. The molecule has 4 aliphatic carbocycles. The third kappa shape index (κ3) is 2.35. The average molecular weight is 347 g/mol. The number of hydrogen-bond acceptors (Lipinski definition) is 2. The molecule has 0 unspecified atom stereocenters. The SMILES string of the molecule is CC(=O)[C@H]1CC[C@H]2[C@@H]3CC[C@]4(C)C[C@@](C)(O)CC[C@]4(C)[C@H]3CC[C@]12C. The lowest BCUT2D eigenvalue weighted by Crippen LogP contribution is -2.60. The predicted molar refractivity (Wildman–Crippen MR) is 101 cm³/mol. The zero-order valence-corrected chi connectivity index (χ0v) is 17.0. The number of aliphatic hydroxyl groups is 1. The molecular formula is C23H38O2. The van der Waals surface area contributed by atoms with Gasteiger partial charge in [0.1, 0.15) is 5.78 Å². The quantitative estimate of drug-likeness (QED) is 0.692. The average Bonchev–Trinajstić information content (AvgIpc) is 2.85. The van der Waals surface area contributed by atoms with Crippen molar-refractivity contribution in [2.75, 3.05) is 0 Å². The first kappa shape index (κ1) is 18.0. The molecule has 2 nitrogen and oxygen atoms in total. The van der Waals surface area contributed by atoms with Crippen LogP contribution >= 0.6 is 0 Å². The first-order valence-electron chi connectivity index (χ1n) is 10.8. The van der Waals surface area contributed by atoms with Crippen LogP contribution in [0.2, 0.25) is 0 Å². The first-order valence-corrected chi connectivity index (χ1v) is 10.8. The van der Waals surface area contributed by atoms with E-state index in [1.54, 1.807) is 0 Å². The third-order valence-corrected chi connectivity index (χ3v) is 10.1. The second-order valence-electron chi connectivity index (χ2n) is 11.4. The summed E-state index contributed by atoms with van der Waals surface area (Å²) in [7, 11) is 0. The zero-order chi connectivity index (χ0) is 18.3. The van der Waals surface area contributed by atoms with Gasteiger partial charge >= 0.3 is 0 Å². The van der Waals surface area contributed by atoms with Crippen molar-refractivity contribution >= 4 is 5.78 Å². The topological polar surface area (TPSA) is 37.3 Å². The van der Waals surface area contributed by atoms with Crippen molar-refractivity contribution in [2.45, 2.75) is 98.0 Å². The number of Topliss-reactive ketones (excluding diaryl/α,β-unsaturated/α-hetero) is 1. The molecule has 4 rings (SSSR count). The molecule has 0 aromatic heterocycles. The summed E-state index contributed by atoms with van der Waals surface area (Å²) in [6.07, 6.45) is 10.6. The molecule has 0 spiro atoms. The van der Waals surface area contributed by atoms with E-state index in [0.29, 0.717) is 17.1 Å². The van der Waals surface area contributed by atoms with E-state index in [0.717, 1.165) is 37.0 Å². The van der Waals surface area contributed by atoms with Crippen LogP contribution in [0.25, 0.3) is 0 Å². The second kappa shape index (κ2) is 5.33. The molecule has 4 aliphatic rings. The standard InChI is InChI=1S/C23H38O2/c1-15(24)17-6-7-18-16-8-10-20(2)14-21(3,25)12-13-23(20,5)19(16)9-11-22(17,18)4/h16-19,25H,6-14H2,1-5H3/t16-,17+,18-,19-,20+,21-,22+,23+/m0/s1. The summed E-state index contributed by atoms with van der Waals surface area (Å²) in [4.78, 5) is 12.3. The van der Waals surface area contributed by atoms with Gasteiger partial charge in [-0.2, -0.15) is 0 Å². The summed E-state index contributed by atoms with van der Waals surface area (Å²) < 4.78 is 0. The van der Waals surface area contributed by atoms with E-state index in [1.165, 1.54) is 38.5 Å². The van der Waals surface area contributed by atoms with Gasteiger partial charge in [0, 0.05) is 5.92 Å². The molecule has 0 bridgehead atoms. The highest BCUT2D eigenvalue weighted by Gasteiger charge is 2.64. The minimum absolute atomic E-state index is 0.261. The van der Waals surface area contributed by atoms with Crippen molar-refractivity contribution in [2.24, 2.45) is 39.9 Å². The molecule has 1 N–H and O–H groups in total. The van der Waals surface area contributed by atoms with Crippen molar-refractivity contribution in [3.63, 3.8) is 0 Å². The molecule has 2 heteroatoms. The Labute approximate surface area is 154 Å². The predicted octanol–water partition coefficient (Wildman–Crippen LogP) is 5.38. The largest absolute Gasteiger partial charge is 0.390 e. The van der Waals surface area contributed by atoms with Crippen molar-refractivity contribution in [3.8, 4) is 0 Å². The van der Waals surface area contributed by atoms with Crippen molar-refractivity contribution in [1.82, 2.24) is 0 Å². The van der Waals surface area contributed by atoms with Crippen molar-refractivity contribution in [1.29, 1.82) is 0 Å². The van der Waals surface area contributed by atoms with E-state index in [-0.39, 0.29) is 10.8 Å². The molecule has 8 atom stereocenters. The van der Waals surface area contributed by atoms with Crippen LogP contribution in [0.4, 0.5) is 0 Å². The Morgan fingerprint density at radius 1 is 0.880 bits per heavy atom. The molecule has 4 saturated carbocycles. The third-order valence-electron chi connectivity index (χ3n) is 10.1. The monoisotopic (exact) mass is 346 g/mol. The van der Waals surface area contributed by atoms with Crippen LogP contribution in [0.15, 0.2) is 0 Å². The van der Waals surface area contributed by atoms with E-state index in [9.17, 15) is 9.90 Å². The molecule has 0 aliphatic heterocycles. The van der Waals surface area contributed by atoms with Gasteiger partial charge in [-0.25, -0.2) is 0 Å². The Kier molecular flexibility index (Phi) is 3.84. The summed E-state index contributed by atoms with van der Waals surface area (Å²) in [6.45, 7) is 11.3. The van der Waals surface area contributed by atoms with Gasteiger partial charge in [-0.15, -0.1) is 0 Å². The minimum Gasteiger partial charge on any atom is -0.390 e. The molecule has 0 saturated heterocycles. The fraction of sp³-hybridized carbons (Fsp3) is 0.957. The second-order valence-corrected chi connectivity index (χ2v) is 11.4. The molecule has 0 radical (unpaired) electrons. The lowest BCUT2D eigenvalue weighted by molar-refractivity contribution is -0.189. The molecule has 4 fully saturated rings. The molecule has 0 aromatic rings. The van der Waals surface area contributed by atoms with Gasteiger partial charge < -0.3 is 5.11 Å². The molecule has 0 heterocycles. The number of rotatable bonds is 1. The van der Waals surface area contributed by atoms with Gasteiger partial charge in [0.15, 0.2) is 0 Å². The summed E-state index contributed by atoms with van der Waals surface area (Å²) in [6, 6.07) is 0. The number of carbonyl (C=O) groups excluding carboxylic acids is 1. The van der Waals surface area contributed by atoms with Gasteiger partial charge in [-0.1, -0.05) is 20.8 Å². The van der Waals surface area contributed by atoms with E-state index in [1.807, 2.05) is 6.92 Å². The zero-order valence-electron chi connectivity index (χ0n) is 17.0. The van der Waals surface area contributed by atoms with Crippen LogP contribution in [-0.2, 0) is 4.79 Å². The number of fused-ring (bicyclic) bond motifs is 5. The summed E-state index contributed by atoms with van der Waals surface area (Å²) in [5.74, 6) is 3.11. The Hall–Kier alpha value is -0.370. The Balaban J connectivity index is 1.65. The fourth-order valence-corrected chi connectivity index (χ4v) is 8.60. The fourth-order valence-electron chi connectivity index (χ4n) is 8.60. The number of hydrogen-bond donors (Lipinski definition) is 1. The van der Waals surface area contributed by atoms with Gasteiger partial charge in [0.25, 0.3) is 0 Å². The van der Waals surface area contributed by atoms with E-state index >= 15 is 0 Å². The highest BCUT2D eigenvalue weighted by atomic mass is 16.3. The van der Waals surface area contributed by atoms with Crippen molar-refractivity contribution < 1.29 is 9.90 Å². The number of ketones is 1. The Morgan fingerprint density at radius 3 is 2.28 bits per heavy atom. The summed E-state index contributed by atoms with van der Waals surface area (Å²) >= 11 is 0. The lowest BCUT2D eigenvalue weighted by Gasteiger charge is -2.66. The van der Waals surface area contributed by atoms with Crippen LogP contribution in [-0.4, -0.2) is 16.5 Å².